The molecule has 0 amide bonds. The number of hydrogen-bond donors (Lipinski definition) is 2. The highest BCUT2D eigenvalue weighted by Gasteiger charge is 2.25. The number of halogens is 3. The molecule has 1 saturated heterocycles. The Morgan fingerprint density at radius 1 is 1.18 bits per heavy atom. The third kappa shape index (κ3) is 5.43. The normalized spacial score (nSPS) is 18.4. The first-order valence-corrected chi connectivity index (χ1v) is 10.3. The standard InChI is InChI=1S/C22H22F3N5O3/c1-12-10-30(11-13(2)32-12)22-27-9-17(23)19(29-22)28-18-7-15(8-26-20(18)31)14-3-5-16(6-4-14)33-21(24)25/h3-9,12-13,21H,10-11H2,1-2H3,(H,26,31)(H,27,28,29)/t12-,13-/m1/s1. The van der Waals surface area contributed by atoms with Crippen LogP contribution in [0.4, 0.5) is 30.6 Å². The summed E-state index contributed by atoms with van der Waals surface area (Å²) < 4.78 is 49.2. The van der Waals surface area contributed by atoms with Gasteiger partial charge >= 0.3 is 6.61 Å². The summed E-state index contributed by atoms with van der Waals surface area (Å²) in [5.74, 6) is -0.525. The van der Waals surface area contributed by atoms with Crippen molar-refractivity contribution in [2.75, 3.05) is 23.3 Å². The molecule has 2 aromatic heterocycles. The van der Waals surface area contributed by atoms with E-state index in [2.05, 4.69) is 25.0 Å². The lowest BCUT2D eigenvalue weighted by Gasteiger charge is -2.35. The number of pyridine rings is 1. The zero-order chi connectivity index (χ0) is 23.5. The molecule has 11 heteroatoms. The van der Waals surface area contributed by atoms with Gasteiger partial charge in [0, 0.05) is 24.8 Å². The second-order valence-corrected chi connectivity index (χ2v) is 7.69. The van der Waals surface area contributed by atoms with Gasteiger partial charge in [-0.25, -0.2) is 9.37 Å². The average Bonchev–Trinajstić information content (AvgIpc) is 2.76. The summed E-state index contributed by atoms with van der Waals surface area (Å²) in [5.41, 5.74) is 0.791. The van der Waals surface area contributed by atoms with Crippen molar-refractivity contribution < 1.29 is 22.6 Å². The molecule has 3 heterocycles. The quantitative estimate of drug-likeness (QED) is 0.575. The van der Waals surface area contributed by atoms with Crippen LogP contribution in [0.25, 0.3) is 11.1 Å². The number of ether oxygens (including phenoxy) is 2. The molecule has 4 rings (SSSR count). The monoisotopic (exact) mass is 461 g/mol. The van der Waals surface area contributed by atoms with Crippen LogP contribution in [-0.4, -0.2) is 46.9 Å². The highest BCUT2D eigenvalue weighted by molar-refractivity contribution is 5.69. The van der Waals surface area contributed by atoms with E-state index in [4.69, 9.17) is 4.74 Å². The summed E-state index contributed by atoms with van der Waals surface area (Å²) >= 11 is 0. The molecule has 0 radical (unpaired) electrons. The lowest BCUT2D eigenvalue weighted by atomic mass is 10.1. The van der Waals surface area contributed by atoms with Crippen LogP contribution >= 0.6 is 0 Å². The van der Waals surface area contributed by atoms with Crippen molar-refractivity contribution in [2.45, 2.75) is 32.7 Å². The van der Waals surface area contributed by atoms with Gasteiger partial charge < -0.3 is 24.7 Å². The van der Waals surface area contributed by atoms with Gasteiger partial charge in [-0.3, -0.25) is 4.79 Å². The molecule has 2 N–H and O–H groups in total. The minimum absolute atomic E-state index is 0.0128. The van der Waals surface area contributed by atoms with Crippen molar-refractivity contribution in [3.05, 3.63) is 58.9 Å². The van der Waals surface area contributed by atoms with E-state index in [0.717, 1.165) is 6.20 Å². The minimum atomic E-state index is -2.92. The fraction of sp³-hybridized carbons (Fsp3) is 0.318. The van der Waals surface area contributed by atoms with Crippen LogP contribution in [0.5, 0.6) is 5.75 Å². The number of morpholine rings is 1. The van der Waals surface area contributed by atoms with Crippen molar-refractivity contribution in [3.63, 3.8) is 0 Å². The Morgan fingerprint density at radius 3 is 2.55 bits per heavy atom. The van der Waals surface area contributed by atoms with Crippen molar-refractivity contribution >= 4 is 17.5 Å². The molecule has 1 aliphatic heterocycles. The summed E-state index contributed by atoms with van der Waals surface area (Å²) in [6.45, 7) is 2.05. The third-order valence-corrected chi connectivity index (χ3v) is 5.00. The van der Waals surface area contributed by atoms with Crippen LogP contribution in [0.3, 0.4) is 0 Å². The Bertz CT molecular complexity index is 1160. The van der Waals surface area contributed by atoms with Crippen molar-refractivity contribution in [3.8, 4) is 16.9 Å². The van der Waals surface area contributed by atoms with Crippen LogP contribution in [0.2, 0.25) is 0 Å². The molecular weight excluding hydrogens is 439 g/mol. The fourth-order valence-corrected chi connectivity index (χ4v) is 3.64. The summed E-state index contributed by atoms with van der Waals surface area (Å²) in [6, 6.07) is 7.43. The second-order valence-electron chi connectivity index (χ2n) is 7.69. The summed E-state index contributed by atoms with van der Waals surface area (Å²) in [5, 5.41) is 2.74. The van der Waals surface area contributed by atoms with Gasteiger partial charge in [-0.2, -0.15) is 13.8 Å². The van der Waals surface area contributed by atoms with Crippen LogP contribution in [0, 0.1) is 5.82 Å². The largest absolute Gasteiger partial charge is 0.435 e. The zero-order valence-electron chi connectivity index (χ0n) is 17.9. The van der Waals surface area contributed by atoms with Gasteiger partial charge in [-0.1, -0.05) is 12.1 Å². The number of aromatic nitrogens is 3. The maximum Gasteiger partial charge on any atom is 0.387 e. The molecule has 0 saturated carbocycles. The van der Waals surface area contributed by atoms with Crippen LogP contribution in [0.1, 0.15) is 13.8 Å². The van der Waals surface area contributed by atoms with Crippen LogP contribution in [0.15, 0.2) is 47.5 Å². The Labute approximate surface area is 187 Å². The molecule has 1 fully saturated rings. The van der Waals surface area contributed by atoms with E-state index in [0.29, 0.717) is 30.2 Å². The van der Waals surface area contributed by atoms with Crippen molar-refractivity contribution in [1.82, 2.24) is 15.0 Å². The Balaban J connectivity index is 1.58. The molecule has 0 bridgehead atoms. The predicted octanol–water partition coefficient (Wildman–Crippen LogP) is 3.93. The van der Waals surface area contributed by atoms with Crippen molar-refractivity contribution in [2.24, 2.45) is 0 Å². The molecule has 1 aromatic carbocycles. The molecule has 174 valence electrons. The van der Waals surface area contributed by atoms with E-state index < -0.39 is 18.0 Å². The zero-order valence-corrected chi connectivity index (χ0v) is 17.9. The highest BCUT2D eigenvalue weighted by atomic mass is 19.3. The van der Waals surface area contributed by atoms with Crippen LogP contribution < -0.4 is 20.5 Å². The Hall–Kier alpha value is -3.60. The first-order valence-electron chi connectivity index (χ1n) is 10.3. The second kappa shape index (κ2) is 9.49. The Kier molecular flexibility index (Phi) is 6.50. The molecule has 0 unspecified atom stereocenters. The molecule has 2 atom stereocenters. The van der Waals surface area contributed by atoms with Gasteiger partial charge in [0.15, 0.2) is 11.6 Å². The molecule has 0 aliphatic carbocycles. The number of nitrogens with one attached hydrogen (secondary N) is 2. The first-order chi connectivity index (χ1) is 15.8. The summed E-state index contributed by atoms with van der Waals surface area (Å²) in [4.78, 5) is 25.2. The third-order valence-electron chi connectivity index (χ3n) is 5.00. The molecule has 0 spiro atoms. The molecule has 1 aliphatic rings. The van der Waals surface area contributed by atoms with E-state index >= 15 is 0 Å². The maximum atomic E-state index is 14.5. The average molecular weight is 461 g/mol. The number of nitrogens with zero attached hydrogens (tertiary/aromatic N) is 3. The van der Waals surface area contributed by atoms with Gasteiger partial charge in [-0.05, 0) is 37.6 Å². The number of alkyl halides is 2. The van der Waals surface area contributed by atoms with E-state index in [-0.39, 0.29) is 29.5 Å². The molecule has 33 heavy (non-hydrogen) atoms. The minimum Gasteiger partial charge on any atom is -0.435 e. The topological polar surface area (TPSA) is 92.4 Å². The van der Waals surface area contributed by atoms with Gasteiger partial charge in [0.05, 0.1) is 18.4 Å². The smallest absolute Gasteiger partial charge is 0.387 e. The van der Waals surface area contributed by atoms with Gasteiger partial charge in [0.1, 0.15) is 11.4 Å². The fourth-order valence-electron chi connectivity index (χ4n) is 3.64. The maximum absolute atomic E-state index is 14.5. The van der Waals surface area contributed by atoms with Gasteiger partial charge in [0.25, 0.3) is 5.56 Å². The van der Waals surface area contributed by atoms with E-state index in [1.807, 2.05) is 18.7 Å². The SMILES string of the molecule is C[C@@H]1CN(c2ncc(F)c(Nc3cc(-c4ccc(OC(F)F)cc4)c[nH]c3=O)n2)C[C@@H](C)O1. The Morgan fingerprint density at radius 2 is 1.88 bits per heavy atom. The van der Waals surface area contributed by atoms with Crippen LogP contribution in [-0.2, 0) is 4.74 Å². The summed E-state index contributed by atoms with van der Waals surface area (Å²) in [6.07, 6.45) is 2.45. The summed E-state index contributed by atoms with van der Waals surface area (Å²) in [7, 11) is 0. The van der Waals surface area contributed by atoms with Gasteiger partial charge in [0.2, 0.25) is 5.95 Å². The first kappa shape index (κ1) is 22.6. The van der Waals surface area contributed by atoms with E-state index in [1.165, 1.54) is 24.4 Å². The predicted molar refractivity (Wildman–Crippen MR) is 117 cm³/mol. The number of hydrogen-bond acceptors (Lipinski definition) is 7. The lowest BCUT2D eigenvalue weighted by Crippen LogP contribution is -2.46. The number of rotatable bonds is 6. The lowest BCUT2D eigenvalue weighted by molar-refractivity contribution is -0.0498. The highest BCUT2D eigenvalue weighted by Crippen LogP contribution is 2.26. The van der Waals surface area contributed by atoms with E-state index in [9.17, 15) is 18.0 Å². The number of anilines is 3. The molecule has 3 aromatic rings. The molecule has 8 nitrogen and oxygen atoms in total. The number of aromatic amines is 1. The molecular formula is C22H22F3N5O3. The van der Waals surface area contributed by atoms with E-state index in [1.54, 1.807) is 12.1 Å². The van der Waals surface area contributed by atoms with Crippen molar-refractivity contribution in [1.29, 1.82) is 0 Å². The van der Waals surface area contributed by atoms with Gasteiger partial charge in [-0.15, -0.1) is 0 Å². The number of H-pyrrole nitrogens is 1. The number of benzene rings is 1.